The Balaban J connectivity index is 1.97. The Morgan fingerprint density at radius 2 is 1.72 bits per heavy atom. The first-order chi connectivity index (χ1) is 15.2. The maximum absolute atomic E-state index is 12.5. The number of rotatable bonds is 10. The van der Waals surface area contributed by atoms with Crippen molar-refractivity contribution in [3.05, 3.63) is 45.8 Å². The summed E-state index contributed by atoms with van der Waals surface area (Å²) in [5, 5.41) is 2.89. The van der Waals surface area contributed by atoms with Crippen LogP contribution in [0.4, 0.5) is 13.8 Å². The van der Waals surface area contributed by atoms with Crippen molar-refractivity contribution in [2.24, 2.45) is 0 Å². The summed E-state index contributed by atoms with van der Waals surface area (Å²) >= 11 is 0.947. The van der Waals surface area contributed by atoms with Gasteiger partial charge < -0.3 is 24.4 Å². The molecule has 1 N–H and O–H groups in total. The molecule has 0 saturated carbocycles. The SMILES string of the molecule is COC(=O)c1sc(NC(=O)CCN(C)Cc2ccc(OC(F)F)cc2)c(C(=O)OC)c1C. The van der Waals surface area contributed by atoms with Crippen LogP contribution in [0.2, 0.25) is 0 Å². The molecule has 11 heteroatoms. The van der Waals surface area contributed by atoms with E-state index in [1.807, 2.05) is 4.90 Å². The molecule has 32 heavy (non-hydrogen) atoms. The molecular formula is C21H24F2N2O6S. The molecule has 0 spiro atoms. The number of hydrogen-bond donors (Lipinski definition) is 1. The summed E-state index contributed by atoms with van der Waals surface area (Å²) in [6, 6.07) is 6.24. The van der Waals surface area contributed by atoms with E-state index in [2.05, 4.69) is 10.1 Å². The first-order valence-electron chi connectivity index (χ1n) is 9.48. The molecule has 0 saturated heterocycles. The van der Waals surface area contributed by atoms with Gasteiger partial charge in [-0.3, -0.25) is 4.79 Å². The zero-order valence-electron chi connectivity index (χ0n) is 18.1. The number of benzene rings is 1. The minimum absolute atomic E-state index is 0.0738. The van der Waals surface area contributed by atoms with Gasteiger partial charge in [0.05, 0.1) is 19.8 Å². The molecule has 2 rings (SSSR count). The topological polar surface area (TPSA) is 94.2 Å². The van der Waals surface area contributed by atoms with Crippen LogP contribution in [0.1, 0.15) is 37.6 Å². The number of alkyl halides is 2. The van der Waals surface area contributed by atoms with Crippen LogP contribution in [0.5, 0.6) is 5.75 Å². The van der Waals surface area contributed by atoms with E-state index in [-0.39, 0.29) is 33.5 Å². The summed E-state index contributed by atoms with van der Waals surface area (Å²) in [5.41, 5.74) is 1.35. The summed E-state index contributed by atoms with van der Waals surface area (Å²) in [5.74, 6) is -1.55. The van der Waals surface area contributed by atoms with Gasteiger partial charge in [-0.1, -0.05) is 12.1 Å². The van der Waals surface area contributed by atoms with E-state index in [4.69, 9.17) is 9.47 Å². The summed E-state index contributed by atoms with van der Waals surface area (Å²) in [6.07, 6.45) is 0.119. The number of amides is 1. The van der Waals surface area contributed by atoms with Crippen LogP contribution in [0.25, 0.3) is 0 Å². The van der Waals surface area contributed by atoms with Crippen LogP contribution < -0.4 is 10.1 Å². The molecule has 8 nitrogen and oxygen atoms in total. The van der Waals surface area contributed by atoms with Crippen molar-refractivity contribution in [2.75, 3.05) is 33.1 Å². The fraction of sp³-hybridized carbons (Fsp3) is 0.381. The second kappa shape index (κ2) is 11.5. The number of nitrogens with one attached hydrogen (secondary N) is 1. The molecule has 0 radical (unpaired) electrons. The molecule has 1 heterocycles. The fourth-order valence-corrected chi connectivity index (χ4v) is 4.01. The van der Waals surface area contributed by atoms with Crippen molar-refractivity contribution in [3.8, 4) is 5.75 Å². The Labute approximate surface area is 188 Å². The summed E-state index contributed by atoms with van der Waals surface area (Å²) in [6.45, 7) is -0.420. The average Bonchev–Trinajstić information content (AvgIpc) is 3.07. The van der Waals surface area contributed by atoms with Gasteiger partial charge in [0.1, 0.15) is 15.6 Å². The van der Waals surface area contributed by atoms with E-state index in [0.717, 1.165) is 16.9 Å². The van der Waals surface area contributed by atoms with Crippen molar-refractivity contribution >= 4 is 34.2 Å². The van der Waals surface area contributed by atoms with Gasteiger partial charge in [-0.25, -0.2) is 9.59 Å². The third-order valence-electron chi connectivity index (χ3n) is 4.48. The third-order valence-corrected chi connectivity index (χ3v) is 5.67. The van der Waals surface area contributed by atoms with Gasteiger partial charge in [-0.15, -0.1) is 11.3 Å². The van der Waals surface area contributed by atoms with Gasteiger partial charge in [-0.2, -0.15) is 8.78 Å². The minimum atomic E-state index is -2.88. The quantitative estimate of drug-likeness (QED) is 0.529. The largest absolute Gasteiger partial charge is 0.465 e. The Morgan fingerprint density at radius 1 is 1.09 bits per heavy atom. The predicted molar refractivity (Wildman–Crippen MR) is 114 cm³/mol. The van der Waals surface area contributed by atoms with Gasteiger partial charge in [0, 0.05) is 19.5 Å². The van der Waals surface area contributed by atoms with Gasteiger partial charge in [-0.05, 0) is 37.2 Å². The van der Waals surface area contributed by atoms with E-state index in [9.17, 15) is 23.2 Å². The highest BCUT2D eigenvalue weighted by atomic mass is 32.1. The van der Waals surface area contributed by atoms with Crippen LogP contribution in [-0.2, 0) is 20.8 Å². The number of methoxy groups -OCH3 is 2. The smallest absolute Gasteiger partial charge is 0.387 e. The fourth-order valence-electron chi connectivity index (χ4n) is 2.89. The second-order valence-electron chi connectivity index (χ2n) is 6.80. The molecule has 0 aliphatic carbocycles. The number of nitrogens with zero attached hydrogens (tertiary/aromatic N) is 1. The van der Waals surface area contributed by atoms with E-state index in [1.165, 1.54) is 26.4 Å². The highest BCUT2D eigenvalue weighted by Gasteiger charge is 2.26. The van der Waals surface area contributed by atoms with Crippen LogP contribution in [0, 0.1) is 6.92 Å². The number of anilines is 1. The Hall–Kier alpha value is -3.05. The van der Waals surface area contributed by atoms with Crippen molar-refractivity contribution in [3.63, 3.8) is 0 Å². The normalized spacial score (nSPS) is 10.9. The second-order valence-corrected chi connectivity index (χ2v) is 7.82. The van der Waals surface area contributed by atoms with E-state index < -0.39 is 18.6 Å². The molecule has 174 valence electrons. The highest BCUT2D eigenvalue weighted by molar-refractivity contribution is 7.18. The molecule has 0 unspecified atom stereocenters. The van der Waals surface area contributed by atoms with E-state index in [1.54, 1.807) is 26.1 Å². The molecule has 0 atom stereocenters. The summed E-state index contributed by atoms with van der Waals surface area (Å²) < 4.78 is 38.2. The van der Waals surface area contributed by atoms with E-state index >= 15 is 0 Å². The number of halogens is 2. The molecule has 1 aromatic carbocycles. The van der Waals surface area contributed by atoms with Crippen LogP contribution in [0.15, 0.2) is 24.3 Å². The van der Waals surface area contributed by atoms with Crippen LogP contribution in [-0.4, -0.2) is 57.2 Å². The van der Waals surface area contributed by atoms with Gasteiger partial charge in [0.2, 0.25) is 5.91 Å². The molecule has 1 aromatic heterocycles. The number of thiophene rings is 1. The zero-order chi connectivity index (χ0) is 23.8. The van der Waals surface area contributed by atoms with E-state index in [0.29, 0.717) is 18.7 Å². The van der Waals surface area contributed by atoms with Crippen LogP contribution >= 0.6 is 11.3 Å². The lowest BCUT2D eigenvalue weighted by Gasteiger charge is -2.16. The predicted octanol–water partition coefficient (Wildman–Crippen LogP) is 3.69. The van der Waals surface area contributed by atoms with Crippen molar-refractivity contribution in [1.82, 2.24) is 4.90 Å². The monoisotopic (exact) mass is 470 g/mol. The molecule has 0 aliphatic rings. The summed E-state index contributed by atoms with van der Waals surface area (Å²) in [4.78, 5) is 38.6. The van der Waals surface area contributed by atoms with Crippen molar-refractivity contribution < 1.29 is 37.4 Å². The zero-order valence-corrected chi connectivity index (χ0v) is 18.9. The van der Waals surface area contributed by atoms with Gasteiger partial charge >= 0.3 is 18.6 Å². The number of ether oxygens (including phenoxy) is 3. The number of hydrogen-bond acceptors (Lipinski definition) is 8. The molecule has 1 amide bonds. The lowest BCUT2D eigenvalue weighted by Crippen LogP contribution is -2.24. The summed E-state index contributed by atoms with van der Waals surface area (Å²) in [7, 11) is 4.25. The molecule has 2 aromatic rings. The lowest BCUT2D eigenvalue weighted by atomic mass is 10.1. The molecule has 0 bridgehead atoms. The highest BCUT2D eigenvalue weighted by Crippen LogP contribution is 2.34. The first-order valence-corrected chi connectivity index (χ1v) is 10.3. The van der Waals surface area contributed by atoms with Gasteiger partial charge in [0.15, 0.2) is 0 Å². The molecular weight excluding hydrogens is 446 g/mol. The maximum Gasteiger partial charge on any atom is 0.387 e. The standard InChI is InChI=1S/C21H24F2N2O6S/c1-12-16(19(27)29-3)18(32-17(12)20(28)30-4)24-15(26)9-10-25(2)11-13-5-7-14(8-6-13)31-21(22)23/h5-8,21H,9-11H2,1-4H3,(H,24,26). The maximum atomic E-state index is 12.5. The van der Waals surface area contributed by atoms with Crippen molar-refractivity contribution in [1.29, 1.82) is 0 Å². The van der Waals surface area contributed by atoms with Crippen LogP contribution in [0.3, 0.4) is 0 Å². The number of carbonyl (C=O) groups is 3. The number of esters is 2. The van der Waals surface area contributed by atoms with Crippen molar-refractivity contribution in [2.45, 2.75) is 26.5 Å². The Kier molecular flexibility index (Phi) is 9.09. The molecule has 0 fully saturated rings. The Morgan fingerprint density at radius 3 is 2.28 bits per heavy atom. The van der Waals surface area contributed by atoms with Gasteiger partial charge in [0.25, 0.3) is 0 Å². The molecule has 0 aliphatic heterocycles. The third kappa shape index (κ3) is 6.72. The minimum Gasteiger partial charge on any atom is -0.465 e. The number of carbonyl (C=O) groups excluding carboxylic acids is 3. The average molecular weight is 470 g/mol. The Bertz CT molecular complexity index is 962. The lowest BCUT2D eigenvalue weighted by molar-refractivity contribution is -0.116. The first kappa shape index (κ1) is 25.2.